The lowest BCUT2D eigenvalue weighted by Gasteiger charge is -2.22. The molecule has 0 aliphatic carbocycles. The maximum Gasteiger partial charge on any atom is 0.234 e. The molecule has 120 valence electrons. The third kappa shape index (κ3) is 2.36. The number of benzene rings is 2. The molecule has 1 aliphatic rings. The van der Waals surface area contributed by atoms with E-state index in [1.807, 2.05) is 65.0 Å². The van der Waals surface area contributed by atoms with E-state index in [0.29, 0.717) is 0 Å². The van der Waals surface area contributed by atoms with Crippen LogP contribution in [-0.2, 0) is 10.2 Å². The van der Waals surface area contributed by atoms with Gasteiger partial charge in [0.25, 0.3) is 0 Å². The molecule has 1 aliphatic heterocycles. The molecule has 3 heteroatoms. The Kier molecular flexibility index (Phi) is 3.56. The minimum absolute atomic E-state index is 0.0113. The van der Waals surface area contributed by atoms with Crippen LogP contribution in [0.15, 0.2) is 30.3 Å². The van der Waals surface area contributed by atoms with Crippen molar-refractivity contribution in [2.75, 3.05) is 5.32 Å². The molecule has 0 fully saturated rings. The minimum Gasteiger partial charge on any atom is -0.384 e. The molecule has 1 heterocycles. The van der Waals surface area contributed by atoms with Gasteiger partial charge in [0.1, 0.15) is 6.10 Å². The molecule has 23 heavy (non-hydrogen) atoms. The lowest BCUT2D eigenvalue weighted by Crippen LogP contribution is -2.27. The fourth-order valence-corrected chi connectivity index (χ4v) is 3.29. The lowest BCUT2D eigenvalue weighted by molar-refractivity contribution is -0.119. The molecule has 2 aromatic carbocycles. The van der Waals surface area contributed by atoms with Crippen LogP contribution in [-0.4, -0.2) is 11.0 Å². The first-order valence-electron chi connectivity index (χ1n) is 7.94. The first-order chi connectivity index (χ1) is 10.7. The van der Waals surface area contributed by atoms with Crippen LogP contribution in [0, 0.1) is 20.8 Å². The van der Waals surface area contributed by atoms with Gasteiger partial charge in [0.15, 0.2) is 0 Å². The molecule has 3 nitrogen and oxygen atoms in total. The van der Waals surface area contributed by atoms with Crippen molar-refractivity contribution in [1.29, 1.82) is 0 Å². The van der Waals surface area contributed by atoms with Crippen molar-refractivity contribution < 1.29 is 9.90 Å². The fraction of sp³-hybridized carbons (Fsp3) is 0.350. The van der Waals surface area contributed by atoms with Gasteiger partial charge in [0, 0.05) is 5.69 Å². The third-order valence-corrected chi connectivity index (χ3v) is 5.07. The SMILES string of the molecule is Cc1cccc(C(O)c2cc3c(c(C)c2C)NC(=O)C3(C)C)c1. The van der Waals surface area contributed by atoms with E-state index in [-0.39, 0.29) is 5.91 Å². The second-order valence-corrected chi connectivity index (χ2v) is 7.03. The molecule has 3 rings (SSSR count). The topological polar surface area (TPSA) is 49.3 Å². The van der Waals surface area contributed by atoms with Gasteiger partial charge in [-0.2, -0.15) is 0 Å². The highest BCUT2D eigenvalue weighted by Gasteiger charge is 2.40. The zero-order chi connectivity index (χ0) is 16.9. The van der Waals surface area contributed by atoms with Gasteiger partial charge >= 0.3 is 0 Å². The van der Waals surface area contributed by atoms with E-state index >= 15 is 0 Å². The van der Waals surface area contributed by atoms with Crippen LogP contribution in [0.3, 0.4) is 0 Å². The molecule has 0 radical (unpaired) electrons. The molecule has 1 amide bonds. The Morgan fingerprint density at radius 3 is 2.43 bits per heavy atom. The zero-order valence-electron chi connectivity index (χ0n) is 14.3. The molecule has 2 N–H and O–H groups in total. The van der Waals surface area contributed by atoms with E-state index in [9.17, 15) is 9.90 Å². The standard InChI is InChI=1S/C20H23NO2/c1-11-7-6-8-14(9-11)18(22)15-10-16-17(13(3)12(15)2)21-19(23)20(16,4)5/h6-10,18,22H,1-5H3,(H,21,23). The molecule has 0 saturated heterocycles. The van der Waals surface area contributed by atoms with Crippen LogP contribution in [0.4, 0.5) is 5.69 Å². The van der Waals surface area contributed by atoms with Crippen LogP contribution in [0.5, 0.6) is 0 Å². The number of hydrogen-bond donors (Lipinski definition) is 2. The first kappa shape index (κ1) is 15.8. The summed E-state index contributed by atoms with van der Waals surface area (Å²) in [6, 6.07) is 9.90. The van der Waals surface area contributed by atoms with Crippen LogP contribution in [0.25, 0.3) is 0 Å². The maximum atomic E-state index is 12.2. The Bertz CT molecular complexity index is 806. The predicted molar refractivity (Wildman–Crippen MR) is 92.8 cm³/mol. The average Bonchev–Trinajstić information content (AvgIpc) is 2.73. The van der Waals surface area contributed by atoms with Gasteiger partial charge in [0.2, 0.25) is 5.91 Å². The maximum absolute atomic E-state index is 12.2. The summed E-state index contributed by atoms with van der Waals surface area (Å²) in [4.78, 5) is 12.2. The Labute approximate surface area is 137 Å². The second kappa shape index (κ2) is 5.20. The van der Waals surface area contributed by atoms with Crippen molar-refractivity contribution in [1.82, 2.24) is 0 Å². The van der Waals surface area contributed by atoms with Gasteiger partial charge in [-0.1, -0.05) is 29.8 Å². The van der Waals surface area contributed by atoms with E-state index in [1.165, 1.54) is 0 Å². The molecule has 0 bridgehead atoms. The number of fused-ring (bicyclic) bond motifs is 1. The van der Waals surface area contributed by atoms with Crippen molar-refractivity contribution >= 4 is 11.6 Å². The van der Waals surface area contributed by atoms with E-state index in [4.69, 9.17) is 0 Å². The first-order valence-corrected chi connectivity index (χ1v) is 7.94. The number of aliphatic hydroxyl groups excluding tert-OH is 1. The number of aliphatic hydroxyl groups is 1. The Hall–Kier alpha value is -2.13. The summed E-state index contributed by atoms with van der Waals surface area (Å²) in [5, 5.41) is 13.9. The van der Waals surface area contributed by atoms with Gasteiger partial charge in [-0.15, -0.1) is 0 Å². The summed E-state index contributed by atoms with van der Waals surface area (Å²) in [5.41, 5.74) is 6.21. The summed E-state index contributed by atoms with van der Waals surface area (Å²) >= 11 is 0. The Balaban J connectivity index is 2.17. The molecule has 0 spiro atoms. The van der Waals surface area contributed by atoms with E-state index < -0.39 is 11.5 Å². The number of anilines is 1. The minimum atomic E-state index is -0.689. The van der Waals surface area contributed by atoms with Crippen molar-refractivity contribution in [2.24, 2.45) is 0 Å². The van der Waals surface area contributed by atoms with Crippen molar-refractivity contribution in [2.45, 2.75) is 46.1 Å². The van der Waals surface area contributed by atoms with Crippen LogP contribution < -0.4 is 5.32 Å². The quantitative estimate of drug-likeness (QED) is 0.883. The number of nitrogens with one attached hydrogen (secondary N) is 1. The number of amides is 1. The van der Waals surface area contributed by atoms with E-state index in [2.05, 4.69) is 5.32 Å². The molecule has 1 unspecified atom stereocenters. The van der Waals surface area contributed by atoms with Crippen molar-refractivity contribution in [3.8, 4) is 0 Å². The predicted octanol–water partition coefficient (Wildman–Crippen LogP) is 3.92. The number of carbonyl (C=O) groups is 1. The van der Waals surface area contributed by atoms with E-state index in [1.54, 1.807) is 0 Å². The molecular formula is C20H23NO2. The number of carbonyl (C=O) groups excluding carboxylic acids is 1. The van der Waals surface area contributed by atoms with Crippen LogP contribution >= 0.6 is 0 Å². The average molecular weight is 309 g/mol. The highest BCUT2D eigenvalue weighted by Crippen LogP contribution is 2.43. The monoisotopic (exact) mass is 309 g/mol. The van der Waals surface area contributed by atoms with Gasteiger partial charge in [0.05, 0.1) is 5.41 Å². The van der Waals surface area contributed by atoms with Gasteiger partial charge in [-0.25, -0.2) is 0 Å². The molecular weight excluding hydrogens is 286 g/mol. The molecule has 2 aromatic rings. The second-order valence-electron chi connectivity index (χ2n) is 7.03. The Morgan fingerprint density at radius 1 is 1.09 bits per heavy atom. The van der Waals surface area contributed by atoms with Gasteiger partial charge in [-0.3, -0.25) is 4.79 Å². The molecule has 0 saturated carbocycles. The van der Waals surface area contributed by atoms with Crippen LogP contribution in [0.1, 0.15) is 53.3 Å². The largest absolute Gasteiger partial charge is 0.384 e. The number of rotatable bonds is 2. The zero-order valence-corrected chi connectivity index (χ0v) is 14.3. The summed E-state index contributed by atoms with van der Waals surface area (Å²) in [7, 11) is 0. The smallest absolute Gasteiger partial charge is 0.234 e. The lowest BCUT2D eigenvalue weighted by atomic mass is 9.82. The van der Waals surface area contributed by atoms with Gasteiger partial charge < -0.3 is 10.4 Å². The summed E-state index contributed by atoms with van der Waals surface area (Å²) < 4.78 is 0. The molecule has 1 atom stereocenters. The number of aryl methyl sites for hydroxylation is 1. The normalized spacial score (nSPS) is 16.9. The summed E-state index contributed by atoms with van der Waals surface area (Å²) in [5.74, 6) is 0.0113. The summed E-state index contributed by atoms with van der Waals surface area (Å²) in [6.45, 7) is 9.87. The van der Waals surface area contributed by atoms with Crippen molar-refractivity contribution in [3.05, 3.63) is 63.7 Å². The highest BCUT2D eigenvalue weighted by atomic mass is 16.3. The molecule has 0 aromatic heterocycles. The Morgan fingerprint density at radius 2 is 1.78 bits per heavy atom. The summed E-state index contributed by atoms with van der Waals surface area (Å²) in [6.07, 6.45) is -0.689. The number of hydrogen-bond acceptors (Lipinski definition) is 2. The van der Waals surface area contributed by atoms with Crippen molar-refractivity contribution in [3.63, 3.8) is 0 Å². The third-order valence-electron chi connectivity index (χ3n) is 5.07. The van der Waals surface area contributed by atoms with Crippen LogP contribution in [0.2, 0.25) is 0 Å². The van der Waals surface area contributed by atoms with E-state index in [0.717, 1.165) is 39.1 Å². The highest BCUT2D eigenvalue weighted by molar-refractivity contribution is 6.06. The fourth-order valence-electron chi connectivity index (χ4n) is 3.29. The van der Waals surface area contributed by atoms with Gasteiger partial charge in [-0.05, 0) is 68.5 Å².